The lowest BCUT2D eigenvalue weighted by Gasteiger charge is -1.97. The lowest BCUT2D eigenvalue weighted by atomic mass is 10.1. The van der Waals surface area contributed by atoms with E-state index in [0.717, 1.165) is 19.3 Å². The molecule has 0 radical (unpaired) electrons. The van der Waals surface area contributed by atoms with Crippen LogP contribution in [0.5, 0.6) is 0 Å². The van der Waals surface area contributed by atoms with Crippen molar-refractivity contribution in [3.8, 4) is 0 Å². The third kappa shape index (κ3) is 6.29. The molecule has 1 aromatic heterocycles. The molecule has 0 aliphatic heterocycles. The highest BCUT2D eigenvalue weighted by Crippen LogP contribution is 2.01. The van der Waals surface area contributed by atoms with E-state index < -0.39 is 0 Å². The Hall–Kier alpha value is -0.890. The zero-order valence-electron chi connectivity index (χ0n) is 8.53. The number of rotatable bonds is 4. The minimum Gasteiger partial charge on any atom is -0.396 e. The quantitative estimate of drug-likeness (QED) is 0.724. The number of nitrogens with zero attached hydrogens (tertiary/aromatic N) is 1. The van der Waals surface area contributed by atoms with Gasteiger partial charge in [-0.25, -0.2) is 0 Å². The summed E-state index contributed by atoms with van der Waals surface area (Å²) in [6, 6.07) is 4.00. The van der Waals surface area contributed by atoms with Crippen molar-refractivity contribution >= 4 is 0 Å². The Morgan fingerprint density at radius 3 is 2.62 bits per heavy atom. The summed E-state index contributed by atoms with van der Waals surface area (Å²) in [7, 11) is 0. The lowest BCUT2D eigenvalue weighted by Crippen LogP contribution is -1.88. The van der Waals surface area contributed by atoms with Crippen LogP contribution in [-0.4, -0.2) is 16.7 Å². The fraction of sp³-hybridized carbons (Fsp3) is 0.545. The molecule has 1 aromatic rings. The summed E-state index contributed by atoms with van der Waals surface area (Å²) in [5, 5.41) is 8.53. The summed E-state index contributed by atoms with van der Waals surface area (Å²) in [5.41, 5.74) is 1.25. The average molecular weight is 181 g/mol. The van der Waals surface area contributed by atoms with Gasteiger partial charge < -0.3 is 5.11 Å². The summed E-state index contributed by atoms with van der Waals surface area (Å²) in [6.45, 7) is 4.29. The van der Waals surface area contributed by atoms with E-state index in [2.05, 4.69) is 11.1 Å². The number of aliphatic hydroxyl groups is 1. The SMILES string of the molecule is CC.OCCCCc1cccnc1. The first-order chi connectivity index (χ1) is 6.43. The molecule has 0 bridgehead atoms. The highest BCUT2D eigenvalue weighted by Gasteiger charge is 1.90. The third-order valence-corrected chi connectivity index (χ3v) is 1.60. The highest BCUT2D eigenvalue weighted by atomic mass is 16.2. The van der Waals surface area contributed by atoms with Gasteiger partial charge in [-0.15, -0.1) is 0 Å². The van der Waals surface area contributed by atoms with Crippen LogP contribution in [0.25, 0.3) is 0 Å². The van der Waals surface area contributed by atoms with E-state index in [1.807, 2.05) is 26.1 Å². The number of aliphatic hydroxyl groups excluding tert-OH is 1. The van der Waals surface area contributed by atoms with Gasteiger partial charge in [0.05, 0.1) is 0 Å². The van der Waals surface area contributed by atoms with Gasteiger partial charge >= 0.3 is 0 Å². The second-order valence-corrected chi connectivity index (χ2v) is 2.54. The topological polar surface area (TPSA) is 33.1 Å². The van der Waals surface area contributed by atoms with Crippen molar-refractivity contribution in [3.05, 3.63) is 30.1 Å². The van der Waals surface area contributed by atoms with Gasteiger partial charge in [0.1, 0.15) is 0 Å². The number of pyridine rings is 1. The molecule has 1 heterocycles. The van der Waals surface area contributed by atoms with Crippen molar-refractivity contribution < 1.29 is 5.11 Å². The van der Waals surface area contributed by atoms with E-state index in [9.17, 15) is 0 Å². The summed E-state index contributed by atoms with van der Waals surface area (Å²) in [6.07, 6.45) is 6.60. The predicted molar refractivity (Wildman–Crippen MR) is 55.6 cm³/mol. The van der Waals surface area contributed by atoms with Gasteiger partial charge in [-0.2, -0.15) is 0 Å². The van der Waals surface area contributed by atoms with Crippen LogP contribution < -0.4 is 0 Å². The van der Waals surface area contributed by atoms with Gasteiger partial charge in [0.25, 0.3) is 0 Å². The maximum Gasteiger partial charge on any atom is 0.0431 e. The van der Waals surface area contributed by atoms with Crippen molar-refractivity contribution in [1.82, 2.24) is 4.98 Å². The van der Waals surface area contributed by atoms with Gasteiger partial charge in [-0.1, -0.05) is 19.9 Å². The minimum absolute atomic E-state index is 0.292. The predicted octanol–water partition coefficient (Wildman–Crippen LogP) is 2.42. The lowest BCUT2D eigenvalue weighted by molar-refractivity contribution is 0.284. The van der Waals surface area contributed by atoms with E-state index in [4.69, 9.17) is 5.11 Å². The maximum absolute atomic E-state index is 8.53. The van der Waals surface area contributed by atoms with Crippen molar-refractivity contribution in [2.45, 2.75) is 33.1 Å². The molecule has 0 aromatic carbocycles. The van der Waals surface area contributed by atoms with Crippen LogP contribution in [0.3, 0.4) is 0 Å². The van der Waals surface area contributed by atoms with Crippen LogP contribution in [0, 0.1) is 0 Å². The van der Waals surface area contributed by atoms with Crippen molar-refractivity contribution in [2.75, 3.05) is 6.61 Å². The van der Waals surface area contributed by atoms with Crippen LogP contribution in [-0.2, 0) is 6.42 Å². The van der Waals surface area contributed by atoms with Crippen LogP contribution >= 0.6 is 0 Å². The fourth-order valence-electron chi connectivity index (χ4n) is 0.987. The van der Waals surface area contributed by atoms with Crippen LogP contribution in [0.15, 0.2) is 24.5 Å². The Labute approximate surface area is 80.6 Å². The van der Waals surface area contributed by atoms with Crippen LogP contribution in [0.2, 0.25) is 0 Å². The standard InChI is InChI=1S/C9H13NO.C2H6/c11-7-2-1-4-9-5-3-6-10-8-9;1-2/h3,5-6,8,11H,1-2,4,7H2;1-2H3. The van der Waals surface area contributed by atoms with Crippen molar-refractivity contribution in [3.63, 3.8) is 0 Å². The number of aromatic nitrogens is 1. The Morgan fingerprint density at radius 2 is 2.08 bits per heavy atom. The first-order valence-electron chi connectivity index (χ1n) is 4.93. The average Bonchev–Trinajstić information content (AvgIpc) is 2.23. The molecule has 0 aliphatic carbocycles. The van der Waals surface area contributed by atoms with Crippen LogP contribution in [0.1, 0.15) is 32.3 Å². The number of aryl methyl sites for hydroxylation is 1. The third-order valence-electron chi connectivity index (χ3n) is 1.60. The molecule has 0 fully saturated rings. The van der Waals surface area contributed by atoms with E-state index in [1.54, 1.807) is 6.20 Å². The van der Waals surface area contributed by atoms with Gasteiger partial charge in [0.15, 0.2) is 0 Å². The summed E-state index contributed by atoms with van der Waals surface area (Å²) in [4.78, 5) is 4.00. The molecule has 0 amide bonds. The highest BCUT2D eigenvalue weighted by molar-refractivity contribution is 5.08. The molecule has 0 unspecified atom stereocenters. The van der Waals surface area contributed by atoms with E-state index >= 15 is 0 Å². The first-order valence-corrected chi connectivity index (χ1v) is 4.93. The van der Waals surface area contributed by atoms with E-state index in [1.165, 1.54) is 5.56 Å². The van der Waals surface area contributed by atoms with E-state index in [0.29, 0.717) is 6.61 Å². The second kappa shape index (κ2) is 9.20. The molecule has 13 heavy (non-hydrogen) atoms. The molecular formula is C11H19NO. The molecule has 0 saturated carbocycles. The number of hydrogen-bond donors (Lipinski definition) is 1. The monoisotopic (exact) mass is 181 g/mol. The first kappa shape index (κ1) is 12.1. The molecule has 0 aliphatic rings. The molecule has 0 atom stereocenters. The van der Waals surface area contributed by atoms with Gasteiger partial charge in [0.2, 0.25) is 0 Å². The fourth-order valence-corrected chi connectivity index (χ4v) is 0.987. The Bertz CT molecular complexity index is 187. The Morgan fingerprint density at radius 1 is 1.31 bits per heavy atom. The zero-order valence-corrected chi connectivity index (χ0v) is 8.53. The summed E-state index contributed by atoms with van der Waals surface area (Å²) in [5.74, 6) is 0. The molecule has 1 N–H and O–H groups in total. The second-order valence-electron chi connectivity index (χ2n) is 2.54. The molecule has 2 nitrogen and oxygen atoms in total. The molecule has 0 spiro atoms. The molecule has 1 rings (SSSR count). The zero-order chi connectivity index (χ0) is 9.94. The summed E-state index contributed by atoms with van der Waals surface area (Å²) >= 11 is 0. The van der Waals surface area contributed by atoms with Crippen LogP contribution in [0.4, 0.5) is 0 Å². The summed E-state index contributed by atoms with van der Waals surface area (Å²) < 4.78 is 0. The minimum atomic E-state index is 0.292. The molecule has 0 saturated heterocycles. The van der Waals surface area contributed by atoms with Gasteiger partial charge in [-0.05, 0) is 30.9 Å². The van der Waals surface area contributed by atoms with E-state index in [-0.39, 0.29) is 0 Å². The molecule has 2 heteroatoms. The Balaban J connectivity index is 0.000000671. The van der Waals surface area contributed by atoms with Gasteiger partial charge in [-0.3, -0.25) is 4.98 Å². The molecular weight excluding hydrogens is 162 g/mol. The molecule has 74 valence electrons. The Kier molecular flexibility index (Phi) is 8.57. The van der Waals surface area contributed by atoms with Gasteiger partial charge in [0, 0.05) is 19.0 Å². The number of hydrogen-bond acceptors (Lipinski definition) is 2. The van der Waals surface area contributed by atoms with Crippen molar-refractivity contribution in [2.24, 2.45) is 0 Å². The smallest absolute Gasteiger partial charge is 0.0431 e. The normalized spacial score (nSPS) is 8.85. The van der Waals surface area contributed by atoms with Crippen molar-refractivity contribution in [1.29, 1.82) is 0 Å². The largest absolute Gasteiger partial charge is 0.396 e. The maximum atomic E-state index is 8.53. The number of unbranched alkanes of at least 4 members (excludes halogenated alkanes) is 1.